The van der Waals surface area contributed by atoms with Gasteiger partial charge in [-0.1, -0.05) is 36.3 Å². The Hall–Kier alpha value is -1.30. The number of benzene rings is 1. The van der Waals surface area contributed by atoms with Crippen molar-refractivity contribution in [3.05, 3.63) is 35.9 Å². The van der Waals surface area contributed by atoms with Crippen LogP contribution < -0.4 is 0 Å². The summed E-state index contributed by atoms with van der Waals surface area (Å²) in [5.41, 5.74) is 0.775. The van der Waals surface area contributed by atoms with Crippen molar-refractivity contribution in [1.29, 1.82) is 0 Å². The summed E-state index contributed by atoms with van der Waals surface area (Å²) < 4.78 is 10.9. The van der Waals surface area contributed by atoms with Gasteiger partial charge >= 0.3 is 0 Å². The van der Waals surface area contributed by atoms with Crippen molar-refractivity contribution < 1.29 is 9.47 Å². The zero-order chi connectivity index (χ0) is 10.7. The number of terminal acetylenes is 1. The van der Waals surface area contributed by atoms with Crippen molar-refractivity contribution in [3.8, 4) is 12.3 Å². The van der Waals surface area contributed by atoms with E-state index in [1.54, 1.807) is 0 Å². The Morgan fingerprint density at radius 1 is 1.47 bits per heavy atom. The zero-order valence-electron chi connectivity index (χ0n) is 8.77. The number of rotatable bonds is 4. The van der Waals surface area contributed by atoms with E-state index < -0.39 is 5.60 Å². The third-order valence-corrected chi connectivity index (χ3v) is 2.61. The minimum atomic E-state index is -0.392. The van der Waals surface area contributed by atoms with Crippen LogP contribution in [0.3, 0.4) is 0 Å². The van der Waals surface area contributed by atoms with E-state index >= 15 is 0 Å². The van der Waals surface area contributed by atoms with Crippen LogP contribution in [0.1, 0.15) is 12.5 Å². The fourth-order valence-corrected chi connectivity index (χ4v) is 1.44. The molecule has 2 unspecified atom stereocenters. The lowest BCUT2D eigenvalue weighted by molar-refractivity contribution is 0.104. The number of hydrogen-bond donors (Lipinski definition) is 0. The molecule has 0 amide bonds. The first-order valence-corrected chi connectivity index (χ1v) is 5.02. The summed E-state index contributed by atoms with van der Waals surface area (Å²) in [6.45, 7) is 3.08. The third kappa shape index (κ3) is 2.38. The normalized spacial score (nSPS) is 28.4. The molecule has 0 aromatic heterocycles. The van der Waals surface area contributed by atoms with Gasteiger partial charge in [-0.25, -0.2) is 0 Å². The van der Waals surface area contributed by atoms with Gasteiger partial charge in [0.05, 0.1) is 13.2 Å². The topological polar surface area (TPSA) is 21.8 Å². The summed E-state index contributed by atoms with van der Waals surface area (Å²) in [6, 6.07) is 10.1. The summed E-state index contributed by atoms with van der Waals surface area (Å²) in [5, 5.41) is 0. The Balaban J connectivity index is 1.72. The third-order valence-electron chi connectivity index (χ3n) is 2.61. The van der Waals surface area contributed by atoms with Gasteiger partial charge in [-0.05, 0) is 12.5 Å². The molecule has 1 aromatic carbocycles. The quantitative estimate of drug-likeness (QED) is 0.550. The molecule has 1 aromatic rings. The smallest absolute Gasteiger partial charge is 0.154 e. The van der Waals surface area contributed by atoms with E-state index in [-0.39, 0.29) is 6.10 Å². The van der Waals surface area contributed by atoms with Crippen LogP contribution in [0.25, 0.3) is 0 Å². The average molecular weight is 202 g/mol. The molecular weight excluding hydrogens is 188 g/mol. The molecule has 2 atom stereocenters. The van der Waals surface area contributed by atoms with Crippen LogP contribution in [0.5, 0.6) is 0 Å². The van der Waals surface area contributed by atoms with E-state index in [2.05, 4.69) is 5.92 Å². The van der Waals surface area contributed by atoms with Gasteiger partial charge in [0, 0.05) is 0 Å². The lowest BCUT2D eigenvalue weighted by Gasteiger charge is -2.02. The number of ether oxygens (including phenoxy) is 2. The molecule has 0 spiro atoms. The van der Waals surface area contributed by atoms with Crippen molar-refractivity contribution in [2.45, 2.75) is 25.2 Å². The van der Waals surface area contributed by atoms with Crippen LogP contribution in [-0.4, -0.2) is 18.3 Å². The van der Waals surface area contributed by atoms with Crippen LogP contribution in [0.2, 0.25) is 0 Å². The molecule has 0 bridgehead atoms. The molecule has 1 aliphatic heterocycles. The summed E-state index contributed by atoms with van der Waals surface area (Å²) >= 11 is 0. The summed E-state index contributed by atoms with van der Waals surface area (Å²) in [4.78, 5) is 0. The second-order valence-corrected chi connectivity index (χ2v) is 3.86. The molecule has 0 saturated carbocycles. The molecule has 1 aliphatic rings. The molecule has 78 valence electrons. The predicted molar refractivity (Wildman–Crippen MR) is 58.2 cm³/mol. The molecule has 0 N–H and O–H groups in total. The maximum absolute atomic E-state index is 5.52. The SMILES string of the molecule is C#CC1(C)OC1COCc1ccccc1. The number of epoxide rings is 1. The molecule has 1 saturated heterocycles. The van der Waals surface area contributed by atoms with Crippen LogP contribution >= 0.6 is 0 Å². The van der Waals surface area contributed by atoms with E-state index in [9.17, 15) is 0 Å². The van der Waals surface area contributed by atoms with Gasteiger partial charge in [0.25, 0.3) is 0 Å². The Morgan fingerprint density at radius 3 is 2.80 bits per heavy atom. The fraction of sp³-hybridized carbons (Fsp3) is 0.385. The minimum Gasteiger partial charge on any atom is -0.374 e. The Bertz CT molecular complexity index is 366. The van der Waals surface area contributed by atoms with E-state index in [1.165, 1.54) is 5.56 Å². The van der Waals surface area contributed by atoms with E-state index in [1.807, 2.05) is 37.3 Å². The molecule has 2 rings (SSSR count). The lowest BCUT2D eigenvalue weighted by atomic mass is 10.1. The van der Waals surface area contributed by atoms with Crippen LogP contribution in [-0.2, 0) is 16.1 Å². The van der Waals surface area contributed by atoms with Crippen LogP contribution in [0.4, 0.5) is 0 Å². The van der Waals surface area contributed by atoms with Gasteiger partial charge in [-0.15, -0.1) is 6.42 Å². The van der Waals surface area contributed by atoms with Crippen molar-refractivity contribution in [3.63, 3.8) is 0 Å². The van der Waals surface area contributed by atoms with Gasteiger partial charge in [-0.3, -0.25) is 0 Å². The van der Waals surface area contributed by atoms with Crippen LogP contribution in [0, 0.1) is 12.3 Å². The lowest BCUT2D eigenvalue weighted by Crippen LogP contribution is -2.11. The van der Waals surface area contributed by atoms with Gasteiger partial charge in [0.15, 0.2) is 5.60 Å². The molecular formula is C13H14O2. The maximum Gasteiger partial charge on any atom is 0.154 e. The molecule has 0 radical (unpaired) electrons. The summed E-state index contributed by atoms with van der Waals surface area (Å²) in [6.07, 6.45) is 5.37. The highest BCUT2D eigenvalue weighted by Gasteiger charge is 2.51. The monoisotopic (exact) mass is 202 g/mol. The highest BCUT2D eigenvalue weighted by atomic mass is 16.6. The fourth-order valence-electron chi connectivity index (χ4n) is 1.44. The van der Waals surface area contributed by atoms with Crippen LogP contribution in [0.15, 0.2) is 30.3 Å². The molecule has 1 heterocycles. The first kappa shape index (κ1) is 10.2. The highest BCUT2D eigenvalue weighted by molar-refractivity contribution is 5.20. The summed E-state index contributed by atoms with van der Waals surface area (Å²) in [7, 11) is 0. The molecule has 2 heteroatoms. The summed E-state index contributed by atoms with van der Waals surface area (Å²) in [5.74, 6) is 2.61. The highest BCUT2D eigenvalue weighted by Crippen LogP contribution is 2.35. The largest absolute Gasteiger partial charge is 0.374 e. The Labute approximate surface area is 90.2 Å². The van der Waals surface area contributed by atoms with E-state index in [4.69, 9.17) is 15.9 Å². The average Bonchev–Trinajstić information content (AvgIpc) is 2.92. The van der Waals surface area contributed by atoms with E-state index in [0.717, 1.165) is 0 Å². The Kier molecular flexibility index (Phi) is 2.77. The molecule has 0 aliphatic carbocycles. The predicted octanol–water partition coefficient (Wildman–Crippen LogP) is 1.99. The number of hydrogen-bond acceptors (Lipinski definition) is 2. The second-order valence-electron chi connectivity index (χ2n) is 3.86. The minimum absolute atomic E-state index is 0.0613. The van der Waals surface area contributed by atoms with Crippen molar-refractivity contribution >= 4 is 0 Å². The van der Waals surface area contributed by atoms with Gasteiger partial charge in [0.1, 0.15) is 6.10 Å². The Morgan fingerprint density at radius 2 is 2.20 bits per heavy atom. The van der Waals surface area contributed by atoms with Gasteiger partial charge < -0.3 is 9.47 Å². The maximum atomic E-state index is 5.52. The standard InChI is InChI=1S/C13H14O2/c1-3-13(2)12(15-13)10-14-9-11-7-5-4-6-8-11/h1,4-8,12H,9-10H2,2H3. The molecule has 15 heavy (non-hydrogen) atoms. The molecule has 1 fully saturated rings. The van der Waals surface area contributed by atoms with Crippen molar-refractivity contribution in [2.75, 3.05) is 6.61 Å². The first-order chi connectivity index (χ1) is 7.24. The molecule has 2 nitrogen and oxygen atoms in total. The first-order valence-electron chi connectivity index (χ1n) is 5.02. The van der Waals surface area contributed by atoms with Crippen molar-refractivity contribution in [2.24, 2.45) is 0 Å². The second kappa shape index (κ2) is 4.06. The van der Waals surface area contributed by atoms with E-state index in [0.29, 0.717) is 13.2 Å². The van der Waals surface area contributed by atoms with Gasteiger partial charge in [0.2, 0.25) is 0 Å². The van der Waals surface area contributed by atoms with Crippen molar-refractivity contribution in [1.82, 2.24) is 0 Å². The van der Waals surface area contributed by atoms with Gasteiger partial charge in [-0.2, -0.15) is 0 Å². The zero-order valence-corrected chi connectivity index (χ0v) is 8.77.